The molecule has 7 heteroatoms. The summed E-state index contributed by atoms with van der Waals surface area (Å²) in [6.07, 6.45) is 0. The zero-order valence-electron chi connectivity index (χ0n) is 13.9. The van der Waals surface area contributed by atoms with Crippen molar-refractivity contribution in [3.63, 3.8) is 0 Å². The van der Waals surface area contributed by atoms with E-state index in [2.05, 4.69) is 0 Å². The van der Waals surface area contributed by atoms with Crippen LogP contribution in [0.2, 0.25) is 0 Å². The minimum atomic E-state index is -1.11. The van der Waals surface area contributed by atoms with Crippen LogP contribution < -0.4 is 0 Å². The molecule has 3 rings (SSSR count). The lowest BCUT2D eigenvalue weighted by molar-refractivity contribution is 0.0658. The molecule has 0 fully saturated rings. The third-order valence-corrected chi connectivity index (χ3v) is 4.80. The van der Waals surface area contributed by atoms with Crippen LogP contribution in [-0.4, -0.2) is 22.2 Å². The van der Waals surface area contributed by atoms with Gasteiger partial charge >= 0.3 is 11.9 Å². The summed E-state index contributed by atoms with van der Waals surface area (Å²) in [6.45, 7) is 1.70. The minimum Gasteiger partial charge on any atom is -0.478 e. The van der Waals surface area contributed by atoms with Gasteiger partial charge in [0.25, 0.3) is 0 Å². The van der Waals surface area contributed by atoms with Crippen LogP contribution in [0, 0.1) is 6.92 Å². The molecular weight excluding hydrogens is 356 g/mol. The maximum Gasteiger partial charge on any atom is 0.371 e. The van der Waals surface area contributed by atoms with Crippen LogP contribution in [0.25, 0.3) is 11.3 Å². The first-order valence-electron chi connectivity index (χ1n) is 7.77. The number of hydrogen-bond donors (Lipinski definition) is 2. The Hall–Kier alpha value is -2.93. The lowest BCUT2D eigenvalue weighted by atomic mass is 10.1. The second-order valence-corrected chi connectivity index (χ2v) is 6.59. The van der Waals surface area contributed by atoms with Gasteiger partial charge in [-0.25, -0.2) is 9.59 Å². The van der Waals surface area contributed by atoms with Crippen molar-refractivity contribution in [1.82, 2.24) is 0 Å². The molecule has 0 aliphatic rings. The van der Waals surface area contributed by atoms with Crippen molar-refractivity contribution in [3.8, 4) is 11.3 Å². The van der Waals surface area contributed by atoms with Crippen molar-refractivity contribution < 1.29 is 28.6 Å². The van der Waals surface area contributed by atoms with Gasteiger partial charge in [-0.15, -0.1) is 11.8 Å². The van der Waals surface area contributed by atoms with E-state index in [1.807, 2.05) is 30.3 Å². The number of furan rings is 2. The Morgan fingerprint density at radius 1 is 1.00 bits per heavy atom. The highest BCUT2D eigenvalue weighted by atomic mass is 32.2. The third kappa shape index (κ3) is 3.83. The van der Waals surface area contributed by atoms with Crippen LogP contribution >= 0.6 is 11.8 Å². The zero-order valence-corrected chi connectivity index (χ0v) is 14.7. The zero-order chi connectivity index (χ0) is 18.7. The number of hydrogen-bond acceptors (Lipinski definition) is 5. The Kier molecular flexibility index (Phi) is 5.18. The molecule has 0 saturated heterocycles. The van der Waals surface area contributed by atoms with E-state index in [9.17, 15) is 14.7 Å². The molecule has 0 bridgehead atoms. The average molecular weight is 372 g/mol. The van der Waals surface area contributed by atoms with Gasteiger partial charge in [-0.05, 0) is 19.1 Å². The predicted molar refractivity (Wildman–Crippen MR) is 96.5 cm³/mol. The van der Waals surface area contributed by atoms with Gasteiger partial charge in [-0.2, -0.15) is 0 Å². The maximum atomic E-state index is 11.5. The van der Waals surface area contributed by atoms with Gasteiger partial charge in [0, 0.05) is 16.9 Å². The van der Waals surface area contributed by atoms with Crippen molar-refractivity contribution >= 4 is 23.7 Å². The van der Waals surface area contributed by atoms with E-state index in [1.165, 1.54) is 23.9 Å². The van der Waals surface area contributed by atoms with E-state index in [0.29, 0.717) is 28.8 Å². The van der Waals surface area contributed by atoms with Gasteiger partial charge in [0.2, 0.25) is 5.76 Å². The number of carboxylic acid groups (broad SMARTS) is 2. The fraction of sp³-hybridized carbons (Fsp3) is 0.158. The summed E-state index contributed by atoms with van der Waals surface area (Å²) in [5, 5.41) is 18.4. The van der Waals surface area contributed by atoms with Gasteiger partial charge in [0.05, 0.1) is 5.75 Å². The maximum absolute atomic E-state index is 11.5. The van der Waals surface area contributed by atoms with E-state index in [0.717, 1.165) is 11.1 Å². The molecule has 0 aliphatic heterocycles. The molecule has 0 atom stereocenters. The highest BCUT2D eigenvalue weighted by Crippen LogP contribution is 2.30. The smallest absolute Gasteiger partial charge is 0.371 e. The van der Waals surface area contributed by atoms with Gasteiger partial charge in [-0.3, -0.25) is 0 Å². The largest absolute Gasteiger partial charge is 0.478 e. The average Bonchev–Trinajstić information content (AvgIpc) is 3.20. The Labute approximate surface area is 153 Å². The van der Waals surface area contributed by atoms with Crippen LogP contribution in [0.1, 0.15) is 38.0 Å². The topological polar surface area (TPSA) is 101 Å². The summed E-state index contributed by atoms with van der Waals surface area (Å²) in [6, 6.07) is 12.3. The molecule has 0 saturated carbocycles. The Morgan fingerprint density at radius 2 is 1.73 bits per heavy atom. The molecule has 0 aliphatic carbocycles. The quantitative estimate of drug-likeness (QED) is 0.621. The highest BCUT2D eigenvalue weighted by Gasteiger charge is 2.19. The summed E-state index contributed by atoms with van der Waals surface area (Å²) in [5.41, 5.74) is 1.70. The first kappa shape index (κ1) is 17.9. The van der Waals surface area contributed by atoms with Crippen LogP contribution in [0.5, 0.6) is 0 Å². The van der Waals surface area contributed by atoms with Crippen LogP contribution in [-0.2, 0) is 11.5 Å². The molecule has 26 heavy (non-hydrogen) atoms. The number of thioether (sulfide) groups is 1. The van der Waals surface area contributed by atoms with Gasteiger partial charge < -0.3 is 19.0 Å². The Bertz CT molecular complexity index is 938. The van der Waals surface area contributed by atoms with E-state index >= 15 is 0 Å². The minimum absolute atomic E-state index is 0.103. The molecule has 2 aromatic heterocycles. The number of aryl methyl sites for hydroxylation is 1. The Balaban J connectivity index is 1.74. The van der Waals surface area contributed by atoms with Crippen molar-refractivity contribution in [2.45, 2.75) is 18.4 Å². The number of benzene rings is 1. The highest BCUT2D eigenvalue weighted by molar-refractivity contribution is 7.97. The summed E-state index contributed by atoms with van der Waals surface area (Å²) in [5.74, 6) is -0.00113. The first-order chi connectivity index (χ1) is 12.5. The van der Waals surface area contributed by atoms with Crippen LogP contribution in [0.3, 0.4) is 0 Å². The number of carboxylic acids is 2. The van der Waals surface area contributed by atoms with E-state index in [-0.39, 0.29) is 11.3 Å². The number of aromatic carboxylic acids is 2. The van der Waals surface area contributed by atoms with Crippen molar-refractivity contribution in [2.24, 2.45) is 0 Å². The first-order valence-corrected chi connectivity index (χ1v) is 8.93. The van der Waals surface area contributed by atoms with E-state index < -0.39 is 11.9 Å². The van der Waals surface area contributed by atoms with E-state index in [4.69, 9.17) is 13.9 Å². The van der Waals surface area contributed by atoms with Crippen molar-refractivity contribution in [2.75, 3.05) is 0 Å². The predicted octanol–water partition coefficient (Wildman–Crippen LogP) is 4.68. The van der Waals surface area contributed by atoms with E-state index in [1.54, 1.807) is 6.92 Å². The molecule has 134 valence electrons. The monoisotopic (exact) mass is 372 g/mol. The molecule has 0 spiro atoms. The third-order valence-electron chi connectivity index (χ3n) is 3.82. The molecular formula is C19H16O6S. The Morgan fingerprint density at radius 3 is 2.35 bits per heavy atom. The van der Waals surface area contributed by atoms with Gasteiger partial charge in [-0.1, -0.05) is 30.3 Å². The summed E-state index contributed by atoms with van der Waals surface area (Å²) < 4.78 is 10.9. The molecule has 6 nitrogen and oxygen atoms in total. The van der Waals surface area contributed by atoms with Crippen LogP contribution in [0.4, 0.5) is 0 Å². The number of carbonyl (C=O) groups is 2. The second kappa shape index (κ2) is 7.53. The van der Waals surface area contributed by atoms with Gasteiger partial charge in [0.15, 0.2) is 0 Å². The fourth-order valence-corrected chi connectivity index (χ4v) is 3.49. The molecule has 2 N–H and O–H groups in total. The van der Waals surface area contributed by atoms with Crippen molar-refractivity contribution in [1.29, 1.82) is 0 Å². The molecule has 2 heterocycles. The summed E-state index contributed by atoms with van der Waals surface area (Å²) >= 11 is 1.43. The van der Waals surface area contributed by atoms with Crippen LogP contribution in [0.15, 0.2) is 51.3 Å². The normalized spacial score (nSPS) is 10.8. The molecule has 3 aromatic rings. The second-order valence-electron chi connectivity index (χ2n) is 5.61. The summed E-state index contributed by atoms with van der Waals surface area (Å²) in [4.78, 5) is 22.4. The lowest BCUT2D eigenvalue weighted by Crippen LogP contribution is -1.97. The molecule has 1 aromatic carbocycles. The van der Waals surface area contributed by atoms with Gasteiger partial charge in [0.1, 0.15) is 22.8 Å². The SMILES string of the molecule is Cc1oc(C(=O)O)cc1CSCc1oc(-c2ccccc2)cc1C(=O)O. The lowest BCUT2D eigenvalue weighted by Gasteiger charge is -2.00. The fourth-order valence-electron chi connectivity index (χ4n) is 2.48. The standard InChI is InChI=1S/C19H16O6S/c1-11-13(7-16(24-11)19(22)23)9-26-10-17-14(18(20)21)8-15(25-17)12-5-3-2-4-6-12/h2-8H,9-10H2,1H3,(H,20,21)(H,22,23). The van der Waals surface area contributed by atoms with Crippen molar-refractivity contribution in [3.05, 3.63) is 70.9 Å². The number of rotatable bonds is 7. The molecule has 0 radical (unpaired) electrons. The molecule has 0 unspecified atom stereocenters. The summed E-state index contributed by atoms with van der Waals surface area (Å²) in [7, 11) is 0. The molecule has 0 amide bonds.